The van der Waals surface area contributed by atoms with Crippen LogP contribution in [0.2, 0.25) is 0 Å². The van der Waals surface area contributed by atoms with Crippen molar-refractivity contribution in [2.24, 2.45) is 7.05 Å². The molecule has 6 heteroatoms. The van der Waals surface area contributed by atoms with E-state index in [1.807, 2.05) is 29.9 Å². The summed E-state index contributed by atoms with van der Waals surface area (Å²) in [7, 11) is 2.03. The molecule has 0 fully saturated rings. The molecular formula is C20H15N5O. The Morgan fingerprint density at radius 2 is 1.81 bits per heavy atom. The van der Waals surface area contributed by atoms with Crippen molar-refractivity contribution in [3.8, 4) is 22.7 Å². The summed E-state index contributed by atoms with van der Waals surface area (Å²) in [4.78, 5) is 13.6. The Morgan fingerprint density at radius 1 is 0.962 bits per heavy atom. The second-order valence-electron chi connectivity index (χ2n) is 6.23. The third kappa shape index (κ3) is 2.23. The first kappa shape index (κ1) is 14.7. The first-order chi connectivity index (χ1) is 12.7. The third-order valence-corrected chi connectivity index (χ3v) is 4.57. The van der Waals surface area contributed by atoms with Crippen LogP contribution in [-0.2, 0) is 7.05 Å². The van der Waals surface area contributed by atoms with E-state index in [4.69, 9.17) is 4.98 Å². The lowest BCUT2D eigenvalue weighted by Crippen LogP contribution is -1.96. The van der Waals surface area contributed by atoms with Crippen LogP contribution in [0.1, 0.15) is 0 Å². The molecule has 0 saturated heterocycles. The molecule has 0 atom stereocenters. The minimum absolute atomic E-state index is 0.226. The van der Waals surface area contributed by atoms with Crippen molar-refractivity contribution in [2.75, 3.05) is 0 Å². The maximum atomic E-state index is 9.47. The van der Waals surface area contributed by atoms with Crippen molar-refractivity contribution < 1.29 is 5.11 Å². The molecule has 5 aromatic rings. The van der Waals surface area contributed by atoms with Crippen LogP contribution < -0.4 is 0 Å². The van der Waals surface area contributed by atoms with Gasteiger partial charge in [-0.25, -0.2) is 15.0 Å². The molecule has 2 aromatic carbocycles. The van der Waals surface area contributed by atoms with Crippen molar-refractivity contribution in [3.63, 3.8) is 0 Å². The van der Waals surface area contributed by atoms with Gasteiger partial charge in [0.05, 0.1) is 11.9 Å². The topological polar surface area (TPSA) is 68.8 Å². The average molecular weight is 341 g/mol. The van der Waals surface area contributed by atoms with Crippen LogP contribution in [0, 0.1) is 0 Å². The Morgan fingerprint density at radius 3 is 2.65 bits per heavy atom. The summed E-state index contributed by atoms with van der Waals surface area (Å²) in [6.07, 6.45) is 5.49. The van der Waals surface area contributed by atoms with Crippen LogP contribution in [0.5, 0.6) is 5.75 Å². The number of nitrogens with zero attached hydrogens (tertiary/aromatic N) is 5. The lowest BCUT2D eigenvalue weighted by atomic mass is 10.1. The second-order valence-corrected chi connectivity index (χ2v) is 6.23. The third-order valence-electron chi connectivity index (χ3n) is 4.57. The second kappa shape index (κ2) is 5.42. The largest absolute Gasteiger partial charge is 0.508 e. The van der Waals surface area contributed by atoms with E-state index in [0.29, 0.717) is 11.3 Å². The van der Waals surface area contributed by atoms with Gasteiger partial charge in [-0.1, -0.05) is 0 Å². The number of aromatic nitrogens is 5. The monoisotopic (exact) mass is 341 g/mol. The molecule has 0 unspecified atom stereocenters. The molecule has 26 heavy (non-hydrogen) atoms. The molecule has 3 heterocycles. The quantitative estimate of drug-likeness (QED) is 0.532. The Balaban J connectivity index is 1.67. The fourth-order valence-corrected chi connectivity index (χ4v) is 3.17. The molecule has 0 bridgehead atoms. The SMILES string of the molecule is Cn1ccc2cc(-n3cnc4ncc(-c5ccc(O)cc5)nc43)ccc21. The first-order valence-electron chi connectivity index (χ1n) is 8.24. The number of fused-ring (bicyclic) bond motifs is 2. The van der Waals surface area contributed by atoms with Gasteiger partial charge in [0.25, 0.3) is 0 Å². The molecule has 3 aromatic heterocycles. The maximum absolute atomic E-state index is 9.47. The average Bonchev–Trinajstić information content (AvgIpc) is 3.25. The standard InChI is InChI=1S/C20H15N5O/c1-24-9-8-14-10-15(4-7-18(14)24)25-12-22-19-20(25)23-17(11-21-19)13-2-5-16(26)6-3-13/h2-12,26H,1H3. The van der Waals surface area contributed by atoms with Gasteiger partial charge < -0.3 is 9.67 Å². The van der Waals surface area contributed by atoms with E-state index in [2.05, 4.69) is 38.8 Å². The van der Waals surface area contributed by atoms with Crippen molar-refractivity contribution in [2.45, 2.75) is 0 Å². The van der Waals surface area contributed by atoms with E-state index in [-0.39, 0.29) is 5.75 Å². The molecule has 126 valence electrons. The Labute approximate surface area is 149 Å². The van der Waals surface area contributed by atoms with Gasteiger partial charge in [0, 0.05) is 35.4 Å². The highest BCUT2D eigenvalue weighted by atomic mass is 16.3. The fourth-order valence-electron chi connectivity index (χ4n) is 3.17. The van der Waals surface area contributed by atoms with Crippen molar-refractivity contribution >= 4 is 22.2 Å². The van der Waals surface area contributed by atoms with E-state index in [0.717, 1.165) is 22.3 Å². The Bertz CT molecular complexity index is 1250. The predicted octanol–water partition coefficient (Wildman–Crippen LogP) is 3.68. The summed E-state index contributed by atoms with van der Waals surface area (Å²) in [5.41, 5.74) is 5.09. The van der Waals surface area contributed by atoms with Gasteiger partial charge in [-0.3, -0.25) is 4.57 Å². The fraction of sp³-hybridized carbons (Fsp3) is 0.0500. The van der Waals surface area contributed by atoms with E-state index >= 15 is 0 Å². The van der Waals surface area contributed by atoms with Gasteiger partial charge >= 0.3 is 0 Å². The molecule has 0 radical (unpaired) electrons. The van der Waals surface area contributed by atoms with Crippen LogP contribution in [0.3, 0.4) is 0 Å². The van der Waals surface area contributed by atoms with E-state index < -0.39 is 0 Å². The zero-order chi connectivity index (χ0) is 17.7. The zero-order valence-electron chi connectivity index (χ0n) is 14.0. The van der Waals surface area contributed by atoms with Gasteiger partial charge in [-0.05, 0) is 48.5 Å². The van der Waals surface area contributed by atoms with Gasteiger partial charge in [0.15, 0.2) is 11.3 Å². The van der Waals surface area contributed by atoms with Gasteiger partial charge in [0.1, 0.15) is 12.1 Å². The maximum Gasteiger partial charge on any atom is 0.197 e. The molecule has 6 nitrogen and oxygen atoms in total. The Kier molecular flexibility index (Phi) is 3.05. The lowest BCUT2D eigenvalue weighted by Gasteiger charge is -2.06. The highest BCUT2D eigenvalue weighted by molar-refractivity contribution is 5.83. The van der Waals surface area contributed by atoms with E-state index in [1.165, 1.54) is 5.52 Å². The number of benzene rings is 2. The molecule has 0 aliphatic carbocycles. The number of aromatic hydroxyl groups is 1. The van der Waals surface area contributed by atoms with Crippen LogP contribution in [0.25, 0.3) is 39.1 Å². The van der Waals surface area contributed by atoms with Gasteiger partial charge in [-0.15, -0.1) is 0 Å². The van der Waals surface area contributed by atoms with Gasteiger partial charge in [-0.2, -0.15) is 0 Å². The summed E-state index contributed by atoms with van der Waals surface area (Å²) >= 11 is 0. The molecule has 0 aliphatic heterocycles. The molecule has 0 spiro atoms. The molecule has 0 saturated carbocycles. The number of hydrogen-bond acceptors (Lipinski definition) is 4. The van der Waals surface area contributed by atoms with Crippen LogP contribution in [0.15, 0.2) is 67.3 Å². The van der Waals surface area contributed by atoms with Crippen LogP contribution in [-0.4, -0.2) is 29.2 Å². The summed E-state index contributed by atoms with van der Waals surface area (Å²) in [5.74, 6) is 0.226. The van der Waals surface area contributed by atoms with Crippen molar-refractivity contribution in [1.29, 1.82) is 0 Å². The number of hydrogen-bond donors (Lipinski definition) is 1. The summed E-state index contributed by atoms with van der Waals surface area (Å²) in [6.45, 7) is 0. The number of phenolic OH excluding ortho intramolecular Hbond substituents is 1. The molecule has 0 amide bonds. The number of rotatable bonds is 2. The van der Waals surface area contributed by atoms with Crippen LogP contribution in [0.4, 0.5) is 0 Å². The smallest absolute Gasteiger partial charge is 0.197 e. The Hall–Kier alpha value is -3.67. The summed E-state index contributed by atoms with van der Waals surface area (Å²) in [5, 5.41) is 10.6. The number of phenols is 1. The highest BCUT2D eigenvalue weighted by Gasteiger charge is 2.11. The zero-order valence-corrected chi connectivity index (χ0v) is 14.0. The number of aryl methyl sites for hydroxylation is 1. The highest BCUT2D eigenvalue weighted by Crippen LogP contribution is 2.24. The van der Waals surface area contributed by atoms with E-state index in [1.54, 1.807) is 24.7 Å². The minimum atomic E-state index is 0.226. The lowest BCUT2D eigenvalue weighted by molar-refractivity contribution is 0.475. The minimum Gasteiger partial charge on any atom is -0.508 e. The van der Waals surface area contributed by atoms with Gasteiger partial charge in [0.2, 0.25) is 0 Å². The summed E-state index contributed by atoms with van der Waals surface area (Å²) < 4.78 is 4.03. The summed E-state index contributed by atoms with van der Waals surface area (Å²) in [6, 6.07) is 15.3. The normalized spacial score (nSPS) is 11.4. The first-order valence-corrected chi connectivity index (χ1v) is 8.24. The molecule has 5 rings (SSSR count). The number of imidazole rings is 1. The van der Waals surface area contributed by atoms with Crippen molar-refractivity contribution in [3.05, 3.63) is 67.3 Å². The van der Waals surface area contributed by atoms with Crippen molar-refractivity contribution in [1.82, 2.24) is 24.1 Å². The predicted molar refractivity (Wildman–Crippen MR) is 100 cm³/mol. The molecular weight excluding hydrogens is 326 g/mol. The molecule has 1 N–H and O–H groups in total. The van der Waals surface area contributed by atoms with E-state index in [9.17, 15) is 5.11 Å². The molecule has 0 aliphatic rings. The van der Waals surface area contributed by atoms with Crippen LogP contribution >= 0.6 is 0 Å².